The Balaban J connectivity index is 0.990. The van der Waals surface area contributed by atoms with Crippen molar-refractivity contribution >= 4 is 97.7 Å². The SMILES string of the molecule is CCOC(=O)c1csc(-c2ccc3c(n2)-c2csc(n2)-c2csc(n2)[C@@H]2CCCN2C(=O)[C@H](Cc2ccc(O)cc2)NC(=O)[C@@H]2CSC(=N2)[C@H](Cc2ccccc2)NC(=O)c2csc(n2)[C@H](CC(N)=O)NC(=O)c2nc-3oc2C)n1. The highest BCUT2D eigenvalue weighted by molar-refractivity contribution is 8.14. The number of phenols is 1. The van der Waals surface area contributed by atoms with Gasteiger partial charge < -0.3 is 40.8 Å². The number of nitrogens with one attached hydrogen (secondary N) is 3. The Morgan fingerprint density at radius 3 is 2.25 bits per heavy atom. The molecule has 6 aromatic heterocycles. The Hall–Kier alpha value is -8.04. The molecule has 6 N–H and O–H groups in total. The molecule has 5 atom stereocenters. The van der Waals surface area contributed by atoms with Crippen LogP contribution < -0.4 is 21.7 Å². The molecule has 9 heterocycles. The van der Waals surface area contributed by atoms with Crippen LogP contribution in [0.5, 0.6) is 5.75 Å². The first-order chi connectivity index (χ1) is 38.7. The third kappa shape index (κ3) is 11.7. The summed E-state index contributed by atoms with van der Waals surface area (Å²) in [7, 11) is 0. The lowest BCUT2D eigenvalue weighted by Crippen LogP contribution is -2.51. The molecule has 3 aliphatic rings. The maximum Gasteiger partial charge on any atom is 0.357 e. The molecule has 3 aliphatic heterocycles. The van der Waals surface area contributed by atoms with E-state index in [0.717, 1.165) is 16.9 Å². The maximum atomic E-state index is 14.9. The molecule has 0 radical (unpaired) electrons. The third-order valence-electron chi connectivity index (χ3n) is 13.3. The van der Waals surface area contributed by atoms with Crippen LogP contribution >= 0.6 is 57.1 Å². The number of amides is 5. The number of thioether (sulfide) groups is 1. The van der Waals surface area contributed by atoms with E-state index in [4.69, 9.17) is 34.8 Å². The van der Waals surface area contributed by atoms with E-state index in [1.54, 1.807) is 53.8 Å². The Bertz CT molecular complexity index is 3700. The van der Waals surface area contributed by atoms with Gasteiger partial charge in [0.1, 0.15) is 66.4 Å². The summed E-state index contributed by atoms with van der Waals surface area (Å²) in [4.78, 5) is 118. The molecule has 0 saturated carbocycles. The number of carbonyl (C=O) groups excluding carboxylic acids is 6. The molecule has 1 saturated heterocycles. The van der Waals surface area contributed by atoms with Crippen molar-refractivity contribution in [3.05, 3.63) is 132 Å². The van der Waals surface area contributed by atoms with Gasteiger partial charge in [-0.3, -0.25) is 29.0 Å². The second kappa shape index (κ2) is 23.3. The summed E-state index contributed by atoms with van der Waals surface area (Å²) in [5.74, 6) is -2.91. The summed E-state index contributed by atoms with van der Waals surface area (Å²) in [6.07, 6.45) is 1.40. The molecule has 11 rings (SSSR count). The molecule has 2 aromatic carbocycles. The number of nitrogens with zero attached hydrogens (tertiary/aromatic N) is 8. The van der Waals surface area contributed by atoms with E-state index in [1.165, 1.54) is 63.3 Å². The zero-order valence-electron chi connectivity index (χ0n) is 42.6. The van der Waals surface area contributed by atoms with Crippen LogP contribution in [0, 0.1) is 6.92 Å². The Morgan fingerprint density at radius 2 is 1.45 bits per heavy atom. The summed E-state index contributed by atoms with van der Waals surface area (Å²) < 4.78 is 11.4. The maximum absolute atomic E-state index is 14.9. The fourth-order valence-corrected chi connectivity index (χ4v) is 13.9. The lowest BCUT2D eigenvalue weighted by atomic mass is 10.0. The molecule has 0 unspecified atom stereocenters. The number of aromatic hydroxyl groups is 1. The number of aryl methyl sites for hydroxylation is 1. The van der Waals surface area contributed by atoms with E-state index in [2.05, 4.69) is 30.9 Å². The molecule has 408 valence electrons. The van der Waals surface area contributed by atoms with E-state index in [9.17, 15) is 33.9 Å². The van der Waals surface area contributed by atoms with Crippen molar-refractivity contribution in [2.75, 3.05) is 18.9 Å². The number of primary amides is 1. The first-order valence-corrected chi connectivity index (χ1v) is 29.8. The first kappa shape index (κ1) is 53.9. The van der Waals surface area contributed by atoms with Crippen molar-refractivity contribution in [1.29, 1.82) is 0 Å². The number of oxazole rings is 1. The number of hydrogen-bond donors (Lipinski definition) is 5. The Labute approximate surface area is 476 Å². The molecule has 10 bridgehead atoms. The molecule has 21 nitrogen and oxygen atoms in total. The van der Waals surface area contributed by atoms with Gasteiger partial charge in [-0.2, -0.15) is 0 Å². The Kier molecular flexibility index (Phi) is 15.7. The predicted octanol–water partition coefficient (Wildman–Crippen LogP) is 7.36. The zero-order valence-corrected chi connectivity index (χ0v) is 46.7. The van der Waals surface area contributed by atoms with Gasteiger partial charge in [0.25, 0.3) is 11.8 Å². The lowest BCUT2D eigenvalue weighted by Gasteiger charge is -2.29. The van der Waals surface area contributed by atoms with Gasteiger partial charge in [-0.25, -0.2) is 34.7 Å². The van der Waals surface area contributed by atoms with Gasteiger partial charge in [-0.05, 0) is 68.5 Å². The minimum Gasteiger partial charge on any atom is -0.508 e. The number of rotatable bonds is 9. The van der Waals surface area contributed by atoms with Crippen LogP contribution in [-0.2, 0) is 32.0 Å². The number of aromatic nitrogens is 6. The predicted molar refractivity (Wildman–Crippen MR) is 302 cm³/mol. The molecule has 8 aromatic rings. The normalized spacial score (nSPS) is 19.6. The summed E-state index contributed by atoms with van der Waals surface area (Å²) in [5, 5.41) is 28.2. The number of aliphatic imine (C=N–C) groups is 1. The number of hydrogen-bond acceptors (Lipinski definition) is 21. The Morgan fingerprint density at radius 1 is 0.738 bits per heavy atom. The second-order valence-electron chi connectivity index (χ2n) is 18.8. The molecule has 26 heteroatoms. The van der Waals surface area contributed by atoms with E-state index in [0.29, 0.717) is 79.8 Å². The van der Waals surface area contributed by atoms with E-state index in [-0.39, 0.29) is 70.6 Å². The number of esters is 1. The average Bonchev–Trinajstić information content (AvgIpc) is 4.37. The highest BCUT2D eigenvalue weighted by atomic mass is 32.2. The van der Waals surface area contributed by atoms with Crippen molar-refractivity contribution in [3.63, 3.8) is 0 Å². The molecule has 80 heavy (non-hydrogen) atoms. The number of ether oxygens (including phenoxy) is 1. The van der Waals surface area contributed by atoms with E-state index < -0.39 is 59.8 Å². The smallest absolute Gasteiger partial charge is 0.357 e. The fraction of sp³-hybridized carbons (Fsp3) is 0.278. The lowest BCUT2D eigenvalue weighted by molar-refractivity contribution is -0.137. The number of phenolic OH excluding ortho intramolecular Hbond substituents is 1. The summed E-state index contributed by atoms with van der Waals surface area (Å²) in [5.41, 5.74) is 9.39. The number of pyridine rings is 1. The van der Waals surface area contributed by atoms with Crippen LogP contribution in [0.1, 0.15) is 96.6 Å². The molecule has 0 spiro atoms. The van der Waals surface area contributed by atoms with Crippen LogP contribution in [0.2, 0.25) is 0 Å². The first-order valence-electron chi connectivity index (χ1n) is 25.3. The average molecular weight is 1170 g/mol. The van der Waals surface area contributed by atoms with Crippen LogP contribution in [0.3, 0.4) is 0 Å². The number of nitrogens with two attached hydrogens (primary N) is 1. The highest BCUT2D eigenvalue weighted by Gasteiger charge is 2.39. The fourth-order valence-electron chi connectivity index (χ4n) is 9.40. The number of benzene rings is 2. The van der Waals surface area contributed by atoms with Crippen LogP contribution in [0.25, 0.3) is 44.2 Å². The van der Waals surface area contributed by atoms with Crippen molar-refractivity contribution < 1.29 is 43.0 Å². The molecular weight excluding hydrogens is 1120 g/mol. The minimum atomic E-state index is -1.08. The monoisotopic (exact) mass is 1170 g/mol. The van der Waals surface area contributed by atoms with Gasteiger partial charge in [0, 0.05) is 40.2 Å². The topological polar surface area (TPSA) is 300 Å². The van der Waals surface area contributed by atoms with E-state index >= 15 is 0 Å². The van der Waals surface area contributed by atoms with Crippen molar-refractivity contribution in [3.8, 4) is 50.0 Å². The van der Waals surface area contributed by atoms with Gasteiger partial charge in [0.15, 0.2) is 11.4 Å². The molecular formula is C54H48N12O9S5. The standard InChI is InChI=1S/C54H48N12O9S5/c1-3-74-54(73)39-25-79-48(64-39)31-16-15-30-43(56-31)35-21-76-51(60-35)38-24-80-52(63-38)40-10-7-17-66(40)53(72)34(19-28-11-13-29(67)14-12-28)59-45(70)37-23-77-49(61-37)32(18-27-8-5-4-6-9-27)57-44(69)36-22-78-50(62-36)33(20-41(55)68)58-46(71)42-26(2)75-47(30)65-42/h4-6,8-9,11-16,21-22,24-25,32-34,37,40,67H,3,7,10,17-20,23H2,1-2H3,(H2,55,68)(H,57,69)(H,58,71)(H,59,70)/t32-,33-,34-,37-,40-/m0/s1. The van der Waals surface area contributed by atoms with Crippen LogP contribution in [0.4, 0.5) is 0 Å². The quantitative estimate of drug-likeness (QED) is 0.0882. The number of fused-ring (bicyclic) bond motifs is 15. The van der Waals surface area contributed by atoms with Crippen LogP contribution in [-0.4, -0.2) is 117 Å². The molecule has 5 amide bonds. The second-order valence-corrected chi connectivity index (χ2v) is 23.3. The van der Waals surface area contributed by atoms with Gasteiger partial charge >= 0.3 is 5.97 Å². The number of carbonyl (C=O) groups is 6. The van der Waals surface area contributed by atoms with Gasteiger partial charge in [0.2, 0.25) is 23.6 Å². The summed E-state index contributed by atoms with van der Waals surface area (Å²) in [6.45, 7) is 3.87. The molecule has 0 aliphatic carbocycles. The largest absolute Gasteiger partial charge is 0.508 e. The van der Waals surface area contributed by atoms with Crippen molar-refractivity contribution in [2.45, 2.75) is 76.2 Å². The van der Waals surface area contributed by atoms with Gasteiger partial charge in [0.05, 0.1) is 47.5 Å². The summed E-state index contributed by atoms with van der Waals surface area (Å²) in [6, 6.07) is 15.2. The number of thiazole rings is 4. The summed E-state index contributed by atoms with van der Waals surface area (Å²) >= 11 is 6.28. The van der Waals surface area contributed by atoms with Crippen LogP contribution in [0.15, 0.2) is 97.7 Å². The van der Waals surface area contributed by atoms with Gasteiger partial charge in [-0.15, -0.1) is 57.1 Å². The minimum absolute atomic E-state index is 0.00162. The van der Waals surface area contributed by atoms with E-state index in [1.807, 2.05) is 35.7 Å². The highest BCUT2D eigenvalue weighted by Crippen LogP contribution is 2.40. The zero-order chi connectivity index (χ0) is 55.6. The van der Waals surface area contributed by atoms with Gasteiger partial charge in [-0.1, -0.05) is 42.5 Å². The van der Waals surface area contributed by atoms with Crippen molar-refractivity contribution in [2.24, 2.45) is 10.7 Å². The van der Waals surface area contributed by atoms with Crippen molar-refractivity contribution in [1.82, 2.24) is 50.8 Å². The molecule has 1 fully saturated rings. The third-order valence-corrected chi connectivity index (χ3v) is 18.1.